The normalized spacial score (nSPS) is 16.8. The third-order valence-electron chi connectivity index (χ3n) is 3.32. The number of rotatable bonds is 8. The Morgan fingerprint density at radius 1 is 1.19 bits per heavy atom. The van der Waals surface area contributed by atoms with Gasteiger partial charge in [0.05, 0.1) is 5.75 Å². The molecule has 21 heavy (non-hydrogen) atoms. The minimum Gasteiger partial charge on any atom is -0.492 e. The van der Waals surface area contributed by atoms with Crippen molar-refractivity contribution in [1.82, 2.24) is 14.9 Å². The van der Waals surface area contributed by atoms with Crippen LogP contribution in [0, 0.1) is 0 Å². The molecule has 1 aromatic rings. The number of nitrogens with one attached hydrogen (secondary N) is 2. The van der Waals surface area contributed by atoms with Crippen LogP contribution >= 0.6 is 0 Å². The van der Waals surface area contributed by atoms with Crippen LogP contribution in [0.3, 0.4) is 0 Å². The third-order valence-corrected chi connectivity index (χ3v) is 4.69. The summed E-state index contributed by atoms with van der Waals surface area (Å²) in [6.45, 7) is 4.88. The number of benzene rings is 1. The highest BCUT2D eigenvalue weighted by atomic mass is 32.2. The molecule has 1 fully saturated rings. The second kappa shape index (κ2) is 8.33. The van der Waals surface area contributed by atoms with Crippen molar-refractivity contribution in [3.05, 3.63) is 30.3 Å². The van der Waals surface area contributed by atoms with Crippen molar-refractivity contribution in [2.45, 2.75) is 0 Å². The van der Waals surface area contributed by atoms with E-state index in [-0.39, 0.29) is 5.75 Å². The summed E-state index contributed by atoms with van der Waals surface area (Å²) in [6, 6.07) is 9.36. The van der Waals surface area contributed by atoms with Gasteiger partial charge in [0, 0.05) is 39.3 Å². The molecule has 0 aromatic heterocycles. The molecule has 1 aliphatic rings. The maximum Gasteiger partial charge on any atom is 0.212 e. The van der Waals surface area contributed by atoms with Gasteiger partial charge in [-0.2, -0.15) is 0 Å². The molecule has 1 saturated heterocycles. The van der Waals surface area contributed by atoms with Gasteiger partial charge in [0.2, 0.25) is 10.0 Å². The number of para-hydroxylation sites is 1. The predicted molar refractivity (Wildman–Crippen MR) is 83.0 cm³/mol. The van der Waals surface area contributed by atoms with Crippen molar-refractivity contribution in [2.24, 2.45) is 0 Å². The van der Waals surface area contributed by atoms with E-state index >= 15 is 0 Å². The van der Waals surface area contributed by atoms with Crippen LogP contribution in [-0.4, -0.2) is 64.9 Å². The van der Waals surface area contributed by atoms with Gasteiger partial charge in [-0.05, 0) is 12.1 Å². The summed E-state index contributed by atoms with van der Waals surface area (Å²) in [5.74, 6) is 0.885. The molecule has 0 amide bonds. The molecule has 1 aromatic carbocycles. The zero-order valence-corrected chi connectivity index (χ0v) is 12.9. The topological polar surface area (TPSA) is 70.7 Å². The number of ether oxygens (including phenoxy) is 1. The van der Waals surface area contributed by atoms with Gasteiger partial charge in [0.15, 0.2) is 0 Å². The molecule has 1 aliphatic heterocycles. The SMILES string of the molecule is O=S(=O)(CCN1CCNCC1)NCCOc1ccccc1. The molecular weight excluding hydrogens is 290 g/mol. The molecule has 0 aliphatic carbocycles. The number of nitrogens with zero attached hydrogens (tertiary/aromatic N) is 1. The van der Waals surface area contributed by atoms with E-state index < -0.39 is 10.0 Å². The summed E-state index contributed by atoms with van der Waals surface area (Å²) in [4.78, 5) is 2.16. The average molecular weight is 313 g/mol. The van der Waals surface area contributed by atoms with Crippen LogP contribution in [-0.2, 0) is 10.0 Å². The van der Waals surface area contributed by atoms with E-state index in [0.717, 1.165) is 31.9 Å². The maximum atomic E-state index is 11.9. The smallest absolute Gasteiger partial charge is 0.212 e. The largest absolute Gasteiger partial charge is 0.492 e. The molecule has 0 unspecified atom stereocenters. The fourth-order valence-electron chi connectivity index (χ4n) is 2.14. The van der Waals surface area contributed by atoms with E-state index in [1.54, 1.807) is 0 Å². The highest BCUT2D eigenvalue weighted by molar-refractivity contribution is 7.89. The van der Waals surface area contributed by atoms with Crippen molar-refractivity contribution >= 4 is 10.0 Å². The van der Waals surface area contributed by atoms with Crippen LogP contribution in [0.5, 0.6) is 5.75 Å². The Labute approximate surface area is 126 Å². The molecule has 2 N–H and O–H groups in total. The van der Waals surface area contributed by atoms with Gasteiger partial charge in [-0.15, -0.1) is 0 Å². The van der Waals surface area contributed by atoms with E-state index in [0.29, 0.717) is 19.7 Å². The number of hydrogen-bond donors (Lipinski definition) is 2. The highest BCUT2D eigenvalue weighted by Gasteiger charge is 2.14. The van der Waals surface area contributed by atoms with E-state index in [2.05, 4.69) is 14.9 Å². The Morgan fingerprint density at radius 2 is 1.90 bits per heavy atom. The summed E-state index contributed by atoms with van der Waals surface area (Å²) in [5, 5.41) is 3.25. The molecular formula is C14H23N3O3S. The predicted octanol–water partition coefficient (Wildman–Crippen LogP) is -0.110. The zero-order valence-electron chi connectivity index (χ0n) is 12.1. The third kappa shape index (κ3) is 6.43. The van der Waals surface area contributed by atoms with Crippen LogP contribution in [0.25, 0.3) is 0 Å². The summed E-state index contributed by atoms with van der Waals surface area (Å²) in [6.07, 6.45) is 0. The lowest BCUT2D eigenvalue weighted by Gasteiger charge is -2.26. The molecule has 7 heteroatoms. The molecule has 2 rings (SSSR count). The highest BCUT2D eigenvalue weighted by Crippen LogP contribution is 2.07. The van der Waals surface area contributed by atoms with E-state index in [1.165, 1.54) is 0 Å². The fraction of sp³-hybridized carbons (Fsp3) is 0.571. The first-order valence-corrected chi connectivity index (χ1v) is 8.89. The van der Waals surface area contributed by atoms with Crippen LogP contribution < -0.4 is 14.8 Å². The second-order valence-corrected chi connectivity index (χ2v) is 6.89. The molecule has 118 valence electrons. The Bertz CT molecular complexity index is 501. The summed E-state index contributed by atoms with van der Waals surface area (Å²) in [5.41, 5.74) is 0. The fourth-order valence-corrected chi connectivity index (χ4v) is 3.18. The van der Waals surface area contributed by atoms with Crippen molar-refractivity contribution in [3.8, 4) is 5.75 Å². The Hall–Kier alpha value is -1.15. The number of hydrogen-bond acceptors (Lipinski definition) is 5. The molecule has 0 spiro atoms. The monoisotopic (exact) mass is 313 g/mol. The van der Waals surface area contributed by atoms with Crippen molar-refractivity contribution in [2.75, 3.05) is 51.6 Å². The minimum atomic E-state index is -3.23. The molecule has 0 radical (unpaired) electrons. The molecule has 6 nitrogen and oxygen atoms in total. The Kier molecular flexibility index (Phi) is 6.44. The van der Waals surface area contributed by atoms with E-state index in [1.807, 2.05) is 30.3 Å². The standard InChI is InChI=1S/C14H23N3O3S/c18-21(19,13-11-17-9-6-15-7-10-17)16-8-12-20-14-4-2-1-3-5-14/h1-5,15-16H,6-13H2. The molecule has 0 atom stereocenters. The average Bonchev–Trinajstić information content (AvgIpc) is 2.52. The summed E-state index contributed by atoms with van der Waals surface area (Å²) < 4.78 is 31.8. The quantitative estimate of drug-likeness (QED) is 0.655. The van der Waals surface area contributed by atoms with Crippen molar-refractivity contribution in [1.29, 1.82) is 0 Å². The van der Waals surface area contributed by atoms with Gasteiger partial charge in [-0.25, -0.2) is 13.1 Å². The van der Waals surface area contributed by atoms with Gasteiger partial charge in [0.25, 0.3) is 0 Å². The first kappa shape index (κ1) is 16.2. The Morgan fingerprint density at radius 3 is 2.62 bits per heavy atom. The Balaban J connectivity index is 1.62. The lowest BCUT2D eigenvalue weighted by molar-refractivity contribution is 0.253. The van der Waals surface area contributed by atoms with Crippen LogP contribution in [0.2, 0.25) is 0 Å². The zero-order chi connectivity index (χ0) is 15.0. The van der Waals surface area contributed by atoms with E-state index in [4.69, 9.17) is 4.74 Å². The van der Waals surface area contributed by atoms with Gasteiger partial charge in [0.1, 0.15) is 12.4 Å². The molecule has 0 bridgehead atoms. The first-order valence-electron chi connectivity index (χ1n) is 7.24. The van der Waals surface area contributed by atoms with Crippen molar-refractivity contribution < 1.29 is 13.2 Å². The lowest BCUT2D eigenvalue weighted by atomic mass is 10.3. The first-order chi connectivity index (χ1) is 10.2. The van der Waals surface area contributed by atoms with E-state index in [9.17, 15) is 8.42 Å². The van der Waals surface area contributed by atoms with Crippen molar-refractivity contribution in [3.63, 3.8) is 0 Å². The molecule has 1 heterocycles. The summed E-state index contributed by atoms with van der Waals surface area (Å²) in [7, 11) is -3.23. The van der Waals surface area contributed by atoms with Gasteiger partial charge >= 0.3 is 0 Å². The van der Waals surface area contributed by atoms with Gasteiger partial charge < -0.3 is 10.1 Å². The van der Waals surface area contributed by atoms with Gasteiger partial charge in [-0.3, -0.25) is 4.90 Å². The summed E-state index contributed by atoms with van der Waals surface area (Å²) >= 11 is 0. The van der Waals surface area contributed by atoms with Gasteiger partial charge in [-0.1, -0.05) is 18.2 Å². The minimum absolute atomic E-state index is 0.137. The van der Waals surface area contributed by atoms with Crippen LogP contribution in [0.4, 0.5) is 0 Å². The maximum absolute atomic E-state index is 11.9. The van der Waals surface area contributed by atoms with Crippen LogP contribution in [0.15, 0.2) is 30.3 Å². The lowest BCUT2D eigenvalue weighted by Crippen LogP contribution is -2.46. The number of piperazine rings is 1. The number of sulfonamides is 1. The molecule has 0 saturated carbocycles. The van der Waals surface area contributed by atoms with Crippen LogP contribution in [0.1, 0.15) is 0 Å². The second-order valence-electron chi connectivity index (χ2n) is 4.97.